The van der Waals surface area contributed by atoms with E-state index >= 15 is 0 Å². The highest BCUT2D eigenvalue weighted by atomic mass is 19.4. The van der Waals surface area contributed by atoms with Gasteiger partial charge < -0.3 is 14.7 Å². The topological polar surface area (TPSA) is 79.7 Å². The number of aliphatic carboxylic acids is 1. The molecule has 9 heteroatoms. The van der Waals surface area contributed by atoms with Gasteiger partial charge in [-0.3, -0.25) is 14.6 Å². The minimum Gasteiger partial charge on any atom is -0.481 e. The fourth-order valence-electron chi connectivity index (χ4n) is 3.64. The van der Waals surface area contributed by atoms with E-state index in [1.165, 1.54) is 0 Å². The molecule has 0 spiro atoms. The van der Waals surface area contributed by atoms with Crippen LogP contribution in [-0.4, -0.2) is 52.7 Å². The van der Waals surface area contributed by atoms with Crippen LogP contribution in [-0.2, 0) is 15.7 Å². The number of rotatable bonds is 3. The number of carbonyl (C=O) groups is 2. The molecule has 1 amide bonds. The Morgan fingerprint density at radius 3 is 2.42 bits per heavy atom. The molecule has 1 N–H and O–H groups in total. The first-order valence-corrected chi connectivity index (χ1v) is 8.44. The summed E-state index contributed by atoms with van der Waals surface area (Å²) >= 11 is 0. The molecule has 2 atom stereocenters. The van der Waals surface area contributed by atoms with Gasteiger partial charge in [0.05, 0.1) is 17.6 Å². The number of amides is 1. The van der Waals surface area contributed by atoms with Crippen LogP contribution >= 0.6 is 0 Å². The van der Waals surface area contributed by atoms with Crippen LogP contribution in [0.5, 0.6) is 0 Å². The lowest BCUT2D eigenvalue weighted by Crippen LogP contribution is -2.43. The largest absolute Gasteiger partial charge is 0.481 e. The van der Waals surface area contributed by atoms with Crippen molar-refractivity contribution in [1.82, 2.24) is 9.88 Å². The summed E-state index contributed by atoms with van der Waals surface area (Å²) in [6.45, 7) is 1.26. The van der Waals surface area contributed by atoms with Crippen LogP contribution in [0, 0.1) is 11.8 Å². The normalized spacial score (nSPS) is 24.7. The number of halogens is 3. The number of ether oxygens (including phenoxy) is 1. The summed E-state index contributed by atoms with van der Waals surface area (Å²) in [5.74, 6) is -1.68. The minimum absolute atomic E-state index is 0.0633. The molecule has 0 bridgehead atoms. The highest BCUT2D eigenvalue weighted by Gasteiger charge is 2.41. The van der Waals surface area contributed by atoms with Gasteiger partial charge in [-0.1, -0.05) is 0 Å². The standard InChI is InChI=1S/C17H19F3N2O4/c18-17(19,20)13-2-1-11(9-21-13)15(23)22-6-3-10(4-7-22)14-12(16(24)25)5-8-26-14/h1-2,9-10,12,14H,3-8H2,(H,24,25)/t12?,14-/m0/s1. The second-order valence-electron chi connectivity index (χ2n) is 6.63. The third kappa shape index (κ3) is 3.82. The molecule has 3 heterocycles. The maximum atomic E-state index is 12.5. The van der Waals surface area contributed by atoms with E-state index in [1.54, 1.807) is 4.90 Å². The number of aromatic nitrogens is 1. The number of alkyl halides is 3. The third-order valence-electron chi connectivity index (χ3n) is 5.05. The van der Waals surface area contributed by atoms with Crippen LogP contribution < -0.4 is 0 Å². The maximum absolute atomic E-state index is 12.5. The molecule has 2 aliphatic rings. The molecule has 2 fully saturated rings. The highest BCUT2D eigenvalue weighted by Crippen LogP contribution is 2.33. The van der Waals surface area contributed by atoms with Crippen molar-refractivity contribution in [3.05, 3.63) is 29.6 Å². The molecule has 0 saturated carbocycles. The number of piperidine rings is 1. The number of likely N-dealkylation sites (tertiary alicyclic amines) is 1. The Kier molecular flexibility index (Phi) is 5.17. The zero-order valence-electron chi connectivity index (χ0n) is 13.9. The van der Waals surface area contributed by atoms with Crippen LogP contribution in [0.3, 0.4) is 0 Å². The van der Waals surface area contributed by atoms with Gasteiger partial charge in [-0.05, 0) is 37.3 Å². The van der Waals surface area contributed by atoms with Gasteiger partial charge in [0.1, 0.15) is 5.69 Å². The Morgan fingerprint density at radius 2 is 1.88 bits per heavy atom. The third-order valence-corrected chi connectivity index (χ3v) is 5.05. The van der Waals surface area contributed by atoms with E-state index < -0.39 is 23.8 Å². The van der Waals surface area contributed by atoms with Crippen LogP contribution in [0.2, 0.25) is 0 Å². The van der Waals surface area contributed by atoms with Crippen molar-refractivity contribution in [2.75, 3.05) is 19.7 Å². The van der Waals surface area contributed by atoms with Crippen molar-refractivity contribution >= 4 is 11.9 Å². The second-order valence-corrected chi connectivity index (χ2v) is 6.63. The molecular weight excluding hydrogens is 353 g/mol. The second kappa shape index (κ2) is 7.22. The first-order chi connectivity index (χ1) is 12.3. The number of carbonyl (C=O) groups excluding carboxylic acids is 1. The lowest BCUT2D eigenvalue weighted by Gasteiger charge is -2.35. The number of hydrogen-bond donors (Lipinski definition) is 1. The van der Waals surface area contributed by atoms with Gasteiger partial charge in [0.15, 0.2) is 0 Å². The Labute approximate surface area is 148 Å². The molecule has 6 nitrogen and oxygen atoms in total. The average Bonchev–Trinajstić information content (AvgIpc) is 3.11. The van der Waals surface area contributed by atoms with Gasteiger partial charge in [-0.2, -0.15) is 13.2 Å². The maximum Gasteiger partial charge on any atom is 0.433 e. The molecule has 1 unspecified atom stereocenters. The lowest BCUT2D eigenvalue weighted by molar-refractivity contribution is -0.145. The predicted molar refractivity (Wildman–Crippen MR) is 83.3 cm³/mol. The van der Waals surface area contributed by atoms with Gasteiger partial charge in [0, 0.05) is 25.9 Å². The summed E-state index contributed by atoms with van der Waals surface area (Å²) < 4.78 is 43.2. The average molecular weight is 372 g/mol. The van der Waals surface area contributed by atoms with Crippen molar-refractivity contribution in [3.8, 4) is 0 Å². The highest BCUT2D eigenvalue weighted by molar-refractivity contribution is 5.94. The van der Waals surface area contributed by atoms with Gasteiger partial charge in [0.25, 0.3) is 5.91 Å². The van der Waals surface area contributed by atoms with Crippen molar-refractivity contribution in [3.63, 3.8) is 0 Å². The molecule has 142 valence electrons. The Bertz CT molecular complexity index is 670. The Balaban J connectivity index is 1.59. The van der Waals surface area contributed by atoms with E-state index in [0.29, 0.717) is 39.0 Å². The molecule has 1 aromatic rings. The SMILES string of the molecule is O=C(O)C1CCO[C@H]1C1CCN(C(=O)c2ccc(C(F)(F)F)nc2)CC1. The van der Waals surface area contributed by atoms with Gasteiger partial charge in [-0.15, -0.1) is 0 Å². The van der Waals surface area contributed by atoms with Crippen molar-refractivity contribution in [2.45, 2.75) is 31.5 Å². The summed E-state index contributed by atoms with van der Waals surface area (Å²) in [6.07, 6.45) is -2.23. The van der Waals surface area contributed by atoms with E-state index in [2.05, 4.69) is 4.98 Å². The van der Waals surface area contributed by atoms with E-state index in [-0.39, 0.29) is 23.5 Å². The summed E-state index contributed by atoms with van der Waals surface area (Å²) in [4.78, 5) is 28.6. The first kappa shape index (κ1) is 18.6. The van der Waals surface area contributed by atoms with Gasteiger partial charge in [0.2, 0.25) is 0 Å². The number of carboxylic acid groups (broad SMARTS) is 1. The predicted octanol–water partition coefficient (Wildman–Crippen LogP) is 2.44. The molecule has 3 rings (SSSR count). The fraction of sp³-hybridized carbons (Fsp3) is 0.588. The van der Waals surface area contributed by atoms with E-state index in [4.69, 9.17) is 4.74 Å². The zero-order chi connectivity index (χ0) is 18.9. The molecule has 0 aliphatic carbocycles. The van der Waals surface area contributed by atoms with Crippen LogP contribution in [0.25, 0.3) is 0 Å². The number of carboxylic acids is 1. The molecule has 0 radical (unpaired) electrons. The number of nitrogens with zero attached hydrogens (tertiary/aromatic N) is 2. The molecule has 1 aromatic heterocycles. The number of pyridine rings is 1. The summed E-state index contributed by atoms with van der Waals surface area (Å²) in [5, 5.41) is 9.25. The molecule has 26 heavy (non-hydrogen) atoms. The molecule has 2 aliphatic heterocycles. The van der Waals surface area contributed by atoms with Crippen LogP contribution in [0.4, 0.5) is 13.2 Å². The monoisotopic (exact) mass is 372 g/mol. The Hall–Kier alpha value is -2.16. The smallest absolute Gasteiger partial charge is 0.433 e. The quantitative estimate of drug-likeness (QED) is 0.882. The fourth-order valence-corrected chi connectivity index (χ4v) is 3.64. The zero-order valence-corrected chi connectivity index (χ0v) is 13.9. The van der Waals surface area contributed by atoms with Crippen LogP contribution in [0.15, 0.2) is 18.3 Å². The molecule has 2 saturated heterocycles. The van der Waals surface area contributed by atoms with Gasteiger partial charge in [-0.25, -0.2) is 0 Å². The van der Waals surface area contributed by atoms with Crippen molar-refractivity contribution < 1.29 is 32.6 Å². The van der Waals surface area contributed by atoms with Crippen molar-refractivity contribution in [2.24, 2.45) is 11.8 Å². The van der Waals surface area contributed by atoms with E-state index in [9.17, 15) is 27.9 Å². The minimum atomic E-state index is -4.54. The van der Waals surface area contributed by atoms with Crippen LogP contribution in [0.1, 0.15) is 35.3 Å². The first-order valence-electron chi connectivity index (χ1n) is 8.44. The molecule has 0 aromatic carbocycles. The summed E-state index contributed by atoms with van der Waals surface area (Å²) in [6, 6.07) is 1.93. The Morgan fingerprint density at radius 1 is 1.19 bits per heavy atom. The summed E-state index contributed by atoms with van der Waals surface area (Å²) in [5.41, 5.74) is -0.928. The lowest BCUT2D eigenvalue weighted by atomic mass is 9.84. The summed E-state index contributed by atoms with van der Waals surface area (Å²) in [7, 11) is 0. The van der Waals surface area contributed by atoms with Crippen molar-refractivity contribution in [1.29, 1.82) is 0 Å². The molecular formula is C17H19F3N2O4. The van der Waals surface area contributed by atoms with E-state index in [0.717, 1.165) is 18.3 Å². The number of hydrogen-bond acceptors (Lipinski definition) is 4. The van der Waals surface area contributed by atoms with Gasteiger partial charge >= 0.3 is 12.1 Å². The van der Waals surface area contributed by atoms with E-state index in [1.807, 2.05) is 0 Å².